The second-order valence-corrected chi connectivity index (χ2v) is 9.42. The molecule has 5 rings (SSSR count). The van der Waals surface area contributed by atoms with Crippen LogP contribution in [0.4, 0.5) is 5.69 Å². The van der Waals surface area contributed by atoms with Crippen LogP contribution in [0.25, 0.3) is 5.69 Å². The Morgan fingerprint density at radius 3 is 2.43 bits per heavy atom. The van der Waals surface area contributed by atoms with E-state index in [0.29, 0.717) is 5.11 Å². The zero-order valence-corrected chi connectivity index (χ0v) is 21.2. The van der Waals surface area contributed by atoms with E-state index in [2.05, 4.69) is 68.9 Å². The van der Waals surface area contributed by atoms with Gasteiger partial charge in [-0.3, -0.25) is 9.97 Å². The number of hydrogen-bond donors (Lipinski definition) is 1. The van der Waals surface area contributed by atoms with E-state index < -0.39 is 0 Å². The van der Waals surface area contributed by atoms with Crippen molar-refractivity contribution in [3.8, 4) is 11.4 Å². The Balaban J connectivity index is 1.62. The van der Waals surface area contributed by atoms with E-state index in [1.54, 1.807) is 6.20 Å². The summed E-state index contributed by atoms with van der Waals surface area (Å²) in [5, 5.41) is 4.23. The fourth-order valence-corrected chi connectivity index (χ4v) is 5.22. The summed E-state index contributed by atoms with van der Waals surface area (Å²) in [4.78, 5) is 11.2. The van der Waals surface area contributed by atoms with E-state index in [1.165, 1.54) is 5.56 Å². The minimum atomic E-state index is -0.0989. The fourth-order valence-electron chi connectivity index (χ4n) is 4.88. The average molecular weight is 484 g/mol. The lowest BCUT2D eigenvalue weighted by molar-refractivity contribution is 0.242. The highest BCUT2D eigenvalue weighted by Crippen LogP contribution is 2.44. The normalized spacial score (nSPS) is 17.6. The van der Waals surface area contributed by atoms with Crippen LogP contribution in [0.5, 0.6) is 5.75 Å². The van der Waals surface area contributed by atoms with E-state index in [0.717, 1.165) is 34.2 Å². The smallest absolute Gasteiger partial charge is 0.174 e. The van der Waals surface area contributed by atoms with Gasteiger partial charge in [0, 0.05) is 29.5 Å². The number of thiocarbonyl (C=S) groups is 1. The van der Waals surface area contributed by atoms with Crippen molar-refractivity contribution >= 4 is 23.0 Å². The highest BCUT2D eigenvalue weighted by Gasteiger charge is 2.42. The highest BCUT2D eigenvalue weighted by atomic mass is 32.1. The van der Waals surface area contributed by atoms with Gasteiger partial charge < -0.3 is 19.5 Å². The van der Waals surface area contributed by atoms with Crippen LogP contribution in [0.1, 0.15) is 48.6 Å². The highest BCUT2D eigenvalue weighted by molar-refractivity contribution is 7.80. The van der Waals surface area contributed by atoms with Crippen molar-refractivity contribution in [2.24, 2.45) is 0 Å². The summed E-state index contributed by atoms with van der Waals surface area (Å²) >= 11 is 5.89. The van der Waals surface area contributed by atoms with Crippen LogP contribution in [0, 0.1) is 13.8 Å². The van der Waals surface area contributed by atoms with Gasteiger partial charge in [0.05, 0.1) is 35.8 Å². The van der Waals surface area contributed by atoms with Gasteiger partial charge in [0.1, 0.15) is 5.75 Å². The summed E-state index contributed by atoms with van der Waals surface area (Å²) in [7, 11) is 0. The lowest BCUT2D eigenvalue weighted by atomic mass is 9.96. The molecule has 1 saturated heterocycles. The Kier molecular flexibility index (Phi) is 6.26. The van der Waals surface area contributed by atoms with Gasteiger partial charge in [-0.1, -0.05) is 6.07 Å². The zero-order chi connectivity index (χ0) is 24.5. The first-order valence-corrected chi connectivity index (χ1v) is 12.2. The number of aryl methyl sites for hydroxylation is 1. The zero-order valence-electron chi connectivity index (χ0n) is 20.3. The maximum Gasteiger partial charge on any atom is 0.174 e. The molecule has 178 valence electrons. The van der Waals surface area contributed by atoms with Gasteiger partial charge in [-0.2, -0.15) is 0 Å². The first kappa shape index (κ1) is 23.1. The molecule has 7 heteroatoms. The molecule has 4 aromatic rings. The van der Waals surface area contributed by atoms with Gasteiger partial charge in [0.2, 0.25) is 0 Å². The van der Waals surface area contributed by atoms with Crippen molar-refractivity contribution in [2.45, 2.75) is 45.9 Å². The molecule has 0 bridgehead atoms. The van der Waals surface area contributed by atoms with Gasteiger partial charge >= 0.3 is 0 Å². The Morgan fingerprint density at radius 1 is 0.971 bits per heavy atom. The third-order valence-electron chi connectivity index (χ3n) is 6.28. The second-order valence-electron chi connectivity index (χ2n) is 9.03. The molecule has 4 heterocycles. The third kappa shape index (κ3) is 4.39. The summed E-state index contributed by atoms with van der Waals surface area (Å²) in [6, 6.07) is 20.3. The van der Waals surface area contributed by atoms with E-state index in [-0.39, 0.29) is 18.2 Å². The molecule has 3 aromatic heterocycles. The lowest BCUT2D eigenvalue weighted by Crippen LogP contribution is -2.29. The maximum absolute atomic E-state index is 5.89. The predicted octanol–water partition coefficient (Wildman–Crippen LogP) is 5.85. The molecule has 1 N–H and O–H groups in total. The predicted molar refractivity (Wildman–Crippen MR) is 143 cm³/mol. The van der Waals surface area contributed by atoms with Crippen LogP contribution < -0.4 is 15.0 Å². The molecule has 1 fully saturated rings. The molecule has 35 heavy (non-hydrogen) atoms. The van der Waals surface area contributed by atoms with Crippen molar-refractivity contribution in [2.75, 3.05) is 4.90 Å². The summed E-state index contributed by atoms with van der Waals surface area (Å²) < 4.78 is 8.11. The largest absolute Gasteiger partial charge is 0.491 e. The monoisotopic (exact) mass is 483 g/mol. The molecule has 2 atom stereocenters. The van der Waals surface area contributed by atoms with Crippen molar-refractivity contribution in [3.63, 3.8) is 0 Å². The van der Waals surface area contributed by atoms with Crippen molar-refractivity contribution in [1.82, 2.24) is 19.9 Å². The molecule has 6 nitrogen and oxygen atoms in total. The Hall–Kier alpha value is -3.71. The number of benzene rings is 1. The number of ether oxygens (including phenoxy) is 1. The lowest BCUT2D eigenvalue weighted by Gasteiger charge is -2.28. The van der Waals surface area contributed by atoms with Crippen LogP contribution in [-0.2, 0) is 0 Å². The average Bonchev–Trinajstić information content (AvgIpc) is 3.35. The molecular weight excluding hydrogens is 454 g/mol. The van der Waals surface area contributed by atoms with Crippen LogP contribution in [-0.4, -0.2) is 25.8 Å². The summed E-state index contributed by atoms with van der Waals surface area (Å²) in [6.07, 6.45) is 5.64. The molecule has 0 amide bonds. The maximum atomic E-state index is 5.89. The molecule has 0 unspecified atom stereocenters. The first-order valence-electron chi connectivity index (χ1n) is 11.8. The Labute approximate surface area is 211 Å². The molecule has 0 radical (unpaired) electrons. The van der Waals surface area contributed by atoms with E-state index in [4.69, 9.17) is 17.0 Å². The molecule has 0 aliphatic carbocycles. The number of hydrogen-bond acceptors (Lipinski definition) is 4. The Morgan fingerprint density at radius 2 is 1.77 bits per heavy atom. The topological polar surface area (TPSA) is 55.2 Å². The van der Waals surface area contributed by atoms with E-state index in [1.807, 2.05) is 56.6 Å². The quantitative estimate of drug-likeness (QED) is 0.347. The molecular formula is C28H29N5OS. The number of rotatable bonds is 6. The minimum absolute atomic E-state index is 0.0779. The van der Waals surface area contributed by atoms with E-state index in [9.17, 15) is 0 Å². The van der Waals surface area contributed by atoms with Crippen LogP contribution in [0.15, 0.2) is 79.3 Å². The third-order valence-corrected chi connectivity index (χ3v) is 6.59. The molecule has 1 aliphatic rings. The molecule has 0 spiro atoms. The Bertz CT molecular complexity index is 1320. The summed E-state index contributed by atoms with van der Waals surface area (Å²) in [6.45, 7) is 8.34. The summed E-state index contributed by atoms with van der Waals surface area (Å²) in [5.41, 5.74) is 6.48. The van der Waals surface area contributed by atoms with Crippen molar-refractivity contribution < 1.29 is 4.74 Å². The number of anilines is 1. The number of aromatic nitrogens is 3. The van der Waals surface area contributed by atoms with Crippen LogP contribution >= 0.6 is 12.2 Å². The second kappa shape index (κ2) is 9.50. The molecule has 1 aromatic carbocycles. The van der Waals surface area contributed by atoms with Crippen molar-refractivity contribution in [3.05, 3.63) is 102 Å². The SMILES string of the molecule is Cc1cc([C@H]2[C@@H](c3ccccn3)NC(=S)N2c2ccc(OC(C)C)cc2)c(C)n1-c1cccnc1. The first-order chi connectivity index (χ1) is 16.9. The van der Waals surface area contributed by atoms with Gasteiger partial charge in [-0.05, 0) is 100 Å². The minimum Gasteiger partial charge on any atom is -0.491 e. The molecule has 1 aliphatic heterocycles. The summed E-state index contributed by atoms with van der Waals surface area (Å²) in [5.74, 6) is 0.842. The number of nitrogens with zero attached hydrogens (tertiary/aromatic N) is 4. The fraction of sp³-hybridized carbons (Fsp3) is 0.250. The van der Waals surface area contributed by atoms with Gasteiger partial charge in [0.25, 0.3) is 0 Å². The van der Waals surface area contributed by atoms with Crippen LogP contribution in [0.2, 0.25) is 0 Å². The van der Waals surface area contributed by atoms with Gasteiger partial charge in [-0.15, -0.1) is 0 Å². The van der Waals surface area contributed by atoms with Crippen LogP contribution in [0.3, 0.4) is 0 Å². The number of pyridine rings is 2. The number of nitrogens with one attached hydrogen (secondary N) is 1. The van der Waals surface area contributed by atoms with Gasteiger partial charge in [0.15, 0.2) is 5.11 Å². The van der Waals surface area contributed by atoms with Gasteiger partial charge in [-0.25, -0.2) is 0 Å². The standard InChI is InChI=1S/C28H29N5OS/c1-18(2)34-23-12-10-21(11-13-23)33-27(26(31-28(33)35)25-9-5-6-15-30-25)24-16-19(3)32(20(24)4)22-8-7-14-29-17-22/h5-18,26-27H,1-4H3,(H,31,35)/t26-,27+/m1/s1. The van der Waals surface area contributed by atoms with Crippen molar-refractivity contribution in [1.29, 1.82) is 0 Å². The van der Waals surface area contributed by atoms with E-state index >= 15 is 0 Å². The molecule has 0 saturated carbocycles.